The monoisotopic (exact) mass is 484 g/mol. The first kappa shape index (κ1) is 23.0. The Morgan fingerprint density at radius 1 is 1.28 bits per heavy atom. The summed E-state index contributed by atoms with van der Waals surface area (Å²) in [6, 6.07) is 4.40. The first-order valence-corrected chi connectivity index (χ1v) is 10.7. The van der Waals surface area contributed by atoms with Crippen LogP contribution in [0.2, 0.25) is 0 Å². The first-order chi connectivity index (χ1) is 13.8. The summed E-state index contributed by atoms with van der Waals surface area (Å²) in [5, 5.41) is 0. The number of likely N-dealkylation sites (N-methyl/N-ethyl adjacent to an activating group) is 1. The molecule has 1 aromatic heterocycles. The molecule has 0 aliphatic carbocycles. The van der Waals surface area contributed by atoms with E-state index in [0.717, 1.165) is 11.3 Å². The molecule has 0 radical (unpaired) electrons. The summed E-state index contributed by atoms with van der Waals surface area (Å²) >= 11 is 4.28. The molecule has 0 fully saturated rings. The SMILES string of the molecule is CCOC(=O)C=c1sc(=Cc2cc(Br)ccc2F)c(=O)n1CC(=O)N(CC)CC. The molecule has 29 heavy (non-hydrogen) atoms. The molecule has 1 amide bonds. The van der Waals surface area contributed by atoms with Gasteiger partial charge in [0.2, 0.25) is 5.91 Å². The molecular formula is C20H22BrFN2O4S. The predicted molar refractivity (Wildman–Crippen MR) is 115 cm³/mol. The fourth-order valence-electron chi connectivity index (χ4n) is 2.66. The average molecular weight is 485 g/mol. The summed E-state index contributed by atoms with van der Waals surface area (Å²) in [7, 11) is 0. The predicted octanol–water partition coefficient (Wildman–Crippen LogP) is 1.85. The Labute approximate surface area is 180 Å². The molecule has 0 atom stereocenters. The van der Waals surface area contributed by atoms with E-state index in [1.807, 2.05) is 13.8 Å². The maximum Gasteiger partial charge on any atom is 0.333 e. The summed E-state index contributed by atoms with van der Waals surface area (Å²) in [5.41, 5.74) is -0.243. The maximum absolute atomic E-state index is 14.1. The Balaban J connectivity index is 2.63. The van der Waals surface area contributed by atoms with Gasteiger partial charge >= 0.3 is 5.97 Å². The number of carbonyl (C=O) groups is 2. The molecule has 2 aromatic rings. The van der Waals surface area contributed by atoms with E-state index in [4.69, 9.17) is 4.74 Å². The highest BCUT2D eigenvalue weighted by molar-refractivity contribution is 9.10. The molecule has 1 heterocycles. The molecule has 0 saturated heterocycles. The van der Waals surface area contributed by atoms with Gasteiger partial charge in [-0.3, -0.25) is 14.2 Å². The Morgan fingerprint density at radius 2 is 1.97 bits per heavy atom. The molecule has 0 bridgehead atoms. The lowest BCUT2D eigenvalue weighted by atomic mass is 10.2. The second kappa shape index (κ2) is 10.5. The number of hydrogen-bond acceptors (Lipinski definition) is 5. The number of benzene rings is 1. The van der Waals surface area contributed by atoms with Crippen LogP contribution in [0.5, 0.6) is 0 Å². The molecule has 9 heteroatoms. The molecule has 156 valence electrons. The third kappa shape index (κ3) is 5.86. The molecule has 1 aromatic carbocycles. The second-order valence-corrected chi connectivity index (χ2v) is 7.95. The van der Waals surface area contributed by atoms with Crippen LogP contribution in [-0.4, -0.2) is 41.0 Å². The third-order valence-corrected chi connectivity index (χ3v) is 5.67. The highest BCUT2D eigenvalue weighted by Crippen LogP contribution is 2.15. The van der Waals surface area contributed by atoms with Gasteiger partial charge in [0.15, 0.2) is 0 Å². The number of rotatable bonds is 7. The van der Waals surface area contributed by atoms with E-state index in [1.165, 1.54) is 22.8 Å². The van der Waals surface area contributed by atoms with E-state index in [2.05, 4.69) is 15.9 Å². The summed E-state index contributed by atoms with van der Waals surface area (Å²) < 4.78 is 21.4. The first-order valence-electron chi connectivity index (χ1n) is 9.13. The number of ether oxygens (including phenoxy) is 1. The average Bonchev–Trinajstić information content (AvgIpc) is 2.94. The van der Waals surface area contributed by atoms with Crippen molar-refractivity contribution in [1.82, 2.24) is 9.47 Å². The molecule has 0 unspecified atom stereocenters. The molecule has 0 spiro atoms. The van der Waals surface area contributed by atoms with E-state index in [9.17, 15) is 18.8 Å². The van der Waals surface area contributed by atoms with E-state index < -0.39 is 17.3 Å². The van der Waals surface area contributed by atoms with Crippen LogP contribution in [0.3, 0.4) is 0 Å². The van der Waals surface area contributed by atoms with Gasteiger partial charge < -0.3 is 9.64 Å². The number of carbonyl (C=O) groups excluding carboxylic acids is 2. The van der Waals surface area contributed by atoms with Crippen LogP contribution in [0.4, 0.5) is 4.39 Å². The molecule has 0 aliphatic rings. The highest BCUT2D eigenvalue weighted by Gasteiger charge is 2.15. The van der Waals surface area contributed by atoms with Gasteiger partial charge in [-0.25, -0.2) is 9.18 Å². The zero-order chi connectivity index (χ0) is 21.6. The van der Waals surface area contributed by atoms with Crippen LogP contribution >= 0.6 is 27.3 Å². The standard InChI is InChI=1S/C20H22BrFN2O4S/c1-4-23(5-2)17(25)12-24-18(11-19(26)28-6-3)29-16(20(24)27)10-13-9-14(21)7-8-15(13)22/h7-11H,4-6,12H2,1-3H3. The molecular weight excluding hydrogens is 463 g/mol. The van der Waals surface area contributed by atoms with Gasteiger partial charge in [-0.2, -0.15) is 0 Å². The molecule has 6 nitrogen and oxygen atoms in total. The molecule has 0 aliphatic heterocycles. The van der Waals surface area contributed by atoms with E-state index >= 15 is 0 Å². The topological polar surface area (TPSA) is 68.6 Å². The Kier molecular flexibility index (Phi) is 8.33. The Bertz CT molecular complexity index is 1070. The van der Waals surface area contributed by atoms with Gasteiger partial charge in [0, 0.05) is 23.1 Å². The van der Waals surface area contributed by atoms with Crippen LogP contribution in [0.25, 0.3) is 12.2 Å². The highest BCUT2D eigenvalue weighted by atomic mass is 79.9. The number of hydrogen-bond donors (Lipinski definition) is 0. The normalized spacial score (nSPS) is 12.3. The van der Waals surface area contributed by atoms with Gasteiger partial charge in [0.1, 0.15) is 17.0 Å². The lowest BCUT2D eigenvalue weighted by Crippen LogP contribution is -2.40. The minimum atomic E-state index is -0.613. The Hall–Kier alpha value is -2.26. The van der Waals surface area contributed by atoms with Crippen LogP contribution in [0.1, 0.15) is 26.3 Å². The number of aromatic nitrogens is 1. The van der Waals surface area contributed by atoms with Gasteiger partial charge in [-0.05, 0) is 45.0 Å². The van der Waals surface area contributed by atoms with Crippen molar-refractivity contribution in [3.63, 3.8) is 0 Å². The molecule has 0 saturated carbocycles. The fourth-order valence-corrected chi connectivity index (χ4v) is 4.06. The van der Waals surface area contributed by atoms with Gasteiger partial charge in [-0.15, -0.1) is 11.3 Å². The number of amides is 1. The molecule has 2 rings (SSSR count). The third-order valence-electron chi connectivity index (χ3n) is 4.12. The summed E-state index contributed by atoms with van der Waals surface area (Å²) in [5.74, 6) is -1.34. The summed E-state index contributed by atoms with van der Waals surface area (Å²) in [4.78, 5) is 39.0. The zero-order valence-corrected chi connectivity index (χ0v) is 18.8. The molecule has 0 N–H and O–H groups in total. The van der Waals surface area contributed by atoms with Crippen molar-refractivity contribution in [2.45, 2.75) is 27.3 Å². The van der Waals surface area contributed by atoms with E-state index in [-0.39, 0.29) is 33.8 Å². The zero-order valence-electron chi connectivity index (χ0n) is 16.4. The van der Waals surface area contributed by atoms with Crippen molar-refractivity contribution in [3.05, 3.63) is 53.6 Å². The van der Waals surface area contributed by atoms with Crippen LogP contribution < -0.4 is 14.8 Å². The van der Waals surface area contributed by atoms with Crippen molar-refractivity contribution in [2.75, 3.05) is 19.7 Å². The van der Waals surface area contributed by atoms with Crippen molar-refractivity contribution < 1.29 is 18.7 Å². The van der Waals surface area contributed by atoms with Gasteiger partial charge in [-0.1, -0.05) is 15.9 Å². The van der Waals surface area contributed by atoms with Crippen molar-refractivity contribution >= 4 is 51.3 Å². The number of thiazole rings is 1. The summed E-state index contributed by atoms with van der Waals surface area (Å²) in [6.45, 7) is 6.35. The van der Waals surface area contributed by atoms with Crippen LogP contribution in [0, 0.1) is 5.82 Å². The number of halogens is 2. The Morgan fingerprint density at radius 3 is 2.59 bits per heavy atom. The van der Waals surface area contributed by atoms with E-state index in [1.54, 1.807) is 24.0 Å². The lowest BCUT2D eigenvalue weighted by molar-refractivity contribution is -0.135. The number of esters is 1. The maximum atomic E-state index is 14.1. The summed E-state index contributed by atoms with van der Waals surface area (Å²) in [6.07, 6.45) is 2.59. The van der Waals surface area contributed by atoms with Crippen molar-refractivity contribution in [2.24, 2.45) is 0 Å². The second-order valence-electron chi connectivity index (χ2n) is 5.97. The quantitative estimate of drug-likeness (QED) is 0.562. The van der Waals surface area contributed by atoms with E-state index in [0.29, 0.717) is 17.6 Å². The van der Waals surface area contributed by atoms with Crippen LogP contribution in [-0.2, 0) is 20.9 Å². The minimum absolute atomic E-state index is 0.186. The van der Waals surface area contributed by atoms with Crippen molar-refractivity contribution in [1.29, 1.82) is 0 Å². The smallest absolute Gasteiger partial charge is 0.333 e. The van der Waals surface area contributed by atoms with Crippen LogP contribution in [0.15, 0.2) is 27.5 Å². The minimum Gasteiger partial charge on any atom is -0.463 e. The lowest BCUT2D eigenvalue weighted by Gasteiger charge is -2.18. The van der Waals surface area contributed by atoms with Crippen molar-refractivity contribution in [3.8, 4) is 0 Å². The van der Waals surface area contributed by atoms with Gasteiger partial charge in [0.05, 0.1) is 17.2 Å². The fraction of sp³-hybridized carbons (Fsp3) is 0.350. The number of nitrogens with zero attached hydrogens (tertiary/aromatic N) is 2. The largest absolute Gasteiger partial charge is 0.463 e. The van der Waals surface area contributed by atoms with Gasteiger partial charge in [0.25, 0.3) is 5.56 Å².